The van der Waals surface area contributed by atoms with Crippen molar-refractivity contribution < 1.29 is 14.3 Å². The first-order valence-corrected chi connectivity index (χ1v) is 6.33. The average molecular weight is 279 g/mol. The predicted octanol–water partition coefficient (Wildman–Crippen LogP) is 0.630. The van der Waals surface area contributed by atoms with Crippen LogP contribution >= 0.6 is 0 Å². The van der Waals surface area contributed by atoms with Gasteiger partial charge in [-0.05, 0) is 18.1 Å². The molecule has 2 heterocycles. The van der Waals surface area contributed by atoms with E-state index in [1.54, 1.807) is 10.5 Å². The number of carbonyl (C=O) groups is 1. The smallest absolute Gasteiger partial charge is 0.327 e. The lowest BCUT2D eigenvalue weighted by atomic mass is 10.2. The highest BCUT2D eigenvalue weighted by Gasteiger charge is 2.14. The maximum Gasteiger partial charge on any atom is 0.327 e. The van der Waals surface area contributed by atoms with Gasteiger partial charge < -0.3 is 9.47 Å². The number of aromatic nitrogens is 3. The first-order valence-electron chi connectivity index (χ1n) is 6.33. The summed E-state index contributed by atoms with van der Waals surface area (Å²) in [5.74, 6) is -0.536. The molecule has 0 amide bonds. The van der Waals surface area contributed by atoms with E-state index in [0.29, 0.717) is 5.52 Å². The Morgan fingerprint density at radius 3 is 2.75 bits per heavy atom. The molecule has 0 aliphatic carbocycles. The zero-order valence-electron chi connectivity index (χ0n) is 11.8. The largest absolute Gasteiger partial charge is 0.468 e. The molecule has 0 atom stereocenters. The molecule has 0 radical (unpaired) electrons. The minimum atomic E-state index is -0.536. The molecule has 108 valence electrons. The molecule has 0 unspecified atom stereocenters. The number of ether oxygens (including phenoxy) is 2. The molecule has 0 saturated heterocycles. The molecular formula is C13H17N3O4. The molecule has 0 bridgehead atoms. The summed E-state index contributed by atoms with van der Waals surface area (Å²) < 4.78 is 12.4. The van der Waals surface area contributed by atoms with Crippen molar-refractivity contribution in [1.82, 2.24) is 14.2 Å². The van der Waals surface area contributed by atoms with Gasteiger partial charge >= 0.3 is 12.0 Å². The Labute approximate surface area is 115 Å². The van der Waals surface area contributed by atoms with Crippen molar-refractivity contribution in [2.45, 2.75) is 26.3 Å². The van der Waals surface area contributed by atoms with E-state index in [4.69, 9.17) is 4.74 Å². The highest BCUT2D eigenvalue weighted by Crippen LogP contribution is 2.14. The van der Waals surface area contributed by atoms with Crippen molar-refractivity contribution in [3.05, 3.63) is 28.2 Å². The van der Waals surface area contributed by atoms with Gasteiger partial charge in [-0.3, -0.25) is 14.0 Å². The van der Waals surface area contributed by atoms with Crippen LogP contribution in [0.15, 0.2) is 17.1 Å². The molecular weight excluding hydrogens is 262 g/mol. The molecule has 0 N–H and O–H groups in total. The van der Waals surface area contributed by atoms with Crippen molar-refractivity contribution in [3.8, 4) is 6.01 Å². The van der Waals surface area contributed by atoms with Gasteiger partial charge in [-0.15, -0.1) is 5.10 Å². The molecule has 2 rings (SSSR count). The molecule has 0 aromatic carbocycles. The summed E-state index contributed by atoms with van der Waals surface area (Å²) in [6, 6.07) is 2.05. The van der Waals surface area contributed by atoms with Gasteiger partial charge in [0.2, 0.25) is 0 Å². The summed E-state index contributed by atoms with van der Waals surface area (Å²) in [4.78, 5) is 23.6. The molecule has 2 aromatic heterocycles. The van der Waals surface area contributed by atoms with Gasteiger partial charge in [-0.25, -0.2) is 4.68 Å². The Kier molecular flexibility index (Phi) is 4.07. The number of esters is 1. The number of carbonyl (C=O) groups excluding carboxylic acids is 1. The Morgan fingerprint density at radius 2 is 2.15 bits per heavy atom. The first kappa shape index (κ1) is 14.1. The van der Waals surface area contributed by atoms with Crippen molar-refractivity contribution >= 4 is 11.5 Å². The van der Waals surface area contributed by atoms with Gasteiger partial charge in [0.05, 0.1) is 14.2 Å². The van der Waals surface area contributed by atoms with E-state index < -0.39 is 5.97 Å². The van der Waals surface area contributed by atoms with E-state index in [2.05, 4.69) is 16.8 Å². The van der Waals surface area contributed by atoms with Crippen molar-refractivity contribution in [1.29, 1.82) is 0 Å². The molecule has 0 aliphatic heterocycles. The fraction of sp³-hybridized carbons (Fsp3) is 0.462. The van der Waals surface area contributed by atoms with Crippen LogP contribution in [0.5, 0.6) is 6.01 Å². The van der Waals surface area contributed by atoms with Crippen LogP contribution in [0.3, 0.4) is 0 Å². The minimum absolute atomic E-state index is 0.240. The van der Waals surface area contributed by atoms with Crippen molar-refractivity contribution in [3.63, 3.8) is 0 Å². The second-order valence-corrected chi connectivity index (χ2v) is 4.38. The molecule has 0 saturated carbocycles. The molecule has 7 heteroatoms. The number of fused-ring (bicyclic) bond motifs is 1. The number of nitrogens with zero attached hydrogens (tertiary/aromatic N) is 3. The number of aryl methyl sites for hydroxylation is 1. The molecule has 20 heavy (non-hydrogen) atoms. The molecule has 0 spiro atoms. The summed E-state index contributed by atoms with van der Waals surface area (Å²) in [6.45, 7) is 1.82. The zero-order chi connectivity index (χ0) is 14.7. The van der Waals surface area contributed by atoms with E-state index >= 15 is 0 Å². The molecule has 0 aliphatic rings. The Morgan fingerprint density at radius 1 is 1.40 bits per heavy atom. The number of methoxy groups -OCH3 is 2. The Bertz CT molecular complexity index is 687. The van der Waals surface area contributed by atoms with E-state index in [1.165, 1.54) is 14.2 Å². The van der Waals surface area contributed by atoms with E-state index in [-0.39, 0.29) is 18.1 Å². The van der Waals surface area contributed by atoms with Crippen molar-refractivity contribution in [2.24, 2.45) is 0 Å². The van der Waals surface area contributed by atoms with Gasteiger partial charge in [0, 0.05) is 6.20 Å². The maximum absolute atomic E-state index is 12.3. The van der Waals surface area contributed by atoms with Gasteiger partial charge in [0.15, 0.2) is 0 Å². The summed E-state index contributed by atoms with van der Waals surface area (Å²) in [5.41, 5.74) is 1.11. The van der Waals surface area contributed by atoms with E-state index in [9.17, 15) is 9.59 Å². The fourth-order valence-corrected chi connectivity index (χ4v) is 2.03. The van der Waals surface area contributed by atoms with Gasteiger partial charge in [0.1, 0.15) is 12.1 Å². The molecule has 0 fully saturated rings. The van der Waals surface area contributed by atoms with Gasteiger partial charge in [0.25, 0.3) is 5.56 Å². The summed E-state index contributed by atoms with van der Waals surface area (Å²) in [7, 11) is 2.73. The number of rotatable bonds is 5. The van der Waals surface area contributed by atoms with Crippen LogP contribution in [0.1, 0.15) is 18.9 Å². The van der Waals surface area contributed by atoms with Crippen LogP contribution in [0.2, 0.25) is 0 Å². The molecule has 7 nitrogen and oxygen atoms in total. The third-order valence-corrected chi connectivity index (χ3v) is 2.97. The van der Waals surface area contributed by atoms with Crippen LogP contribution in [0, 0.1) is 0 Å². The summed E-state index contributed by atoms with van der Waals surface area (Å²) in [6.07, 6.45) is 3.67. The standard InChI is InChI=1S/C13H17N3O4/c1-4-5-9-6-10-12(18)16(8-11(17)19-2)14-13(20-3)15(10)7-9/h6-7H,4-5,8H2,1-3H3. The average Bonchev–Trinajstić information content (AvgIpc) is 2.86. The zero-order valence-corrected chi connectivity index (χ0v) is 11.8. The minimum Gasteiger partial charge on any atom is -0.468 e. The topological polar surface area (TPSA) is 74.8 Å². The second-order valence-electron chi connectivity index (χ2n) is 4.38. The monoisotopic (exact) mass is 279 g/mol. The van der Waals surface area contributed by atoms with Crippen LogP contribution in [0.4, 0.5) is 0 Å². The third-order valence-electron chi connectivity index (χ3n) is 2.97. The quantitative estimate of drug-likeness (QED) is 0.750. The number of hydrogen-bond acceptors (Lipinski definition) is 5. The predicted molar refractivity (Wildman–Crippen MR) is 72.0 cm³/mol. The van der Waals surface area contributed by atoms with E-state index in [1.807, 2.05) is 6.20 Å². The summed E-state index contributed by atoms with van der Waals surface area (Å²) in [5, 5.41) is 4.02. The lowest BCUT2D eigenvalue weighted by Gasteiger charge is -2.07. The Balaban J connectivity index is 2.58. The third kappa shape index (κ3) is 2.52. The van der Waals surface area contributed by atoms with Crippen LogP contribution in [-0.2, 0) is 22.5 Å². The highest BCUT2D eigenvalue weighted by atomic mass is 16.5. The first-order chi connectivity index (χ1) is 9.60. The van der Waals surface area contributed by atoms with Crippen LogP contribution < -0.4 is 10.3 Å². The normalized spacial score (nSPS) is 10.8. The lowest BCUT2D eigenvalue weighted by Crippen LogP contribution is -2.29. The molecule has 2 aromatic rings. The fourth-order valence-electron chi connectivity index (χ4n) is 2.03. The van der Waals surface area contributed by atoms with Crippen LogP contribution in [0.25, 0.3) is 5.52 Å². The lowest BCUT2D eigenvalue weighted by molar-refractivity contribution is -0.141. The van der Waals surface area contributed by atoms with Crippen LogP contribution in [-0.4, -0.2) is 34.4 Å². The van der Waals surface area contributed by atoms with Gasteiger partial charge in [-0.1, -0.05) is 13.3 Å². The SMILES string of the molecule is CCCc1cc2c(=O)n(CC(=O)OC)nc(OC)n2c1. The van der Waals surface area contributed by atoms with Gasteiger partial charge in [-0.2, -0.15) is 0 Å². The number of hydrogen-bond donors (Lipinski definition) is 0. The second kappa shape index (κ2) is 5.77. The van der Waals surface area contributed by atoms with E-state index in [0.717, 1.165) is 23.1 Å². The van der Waals surface area contributed by atoms with Crippen molar-refractivity contribution in [2.75, 3.05) is 14.2 Å². The maximum atomic E-state index is 12.3. The highest BCUT2D eigenvalue weighted by molar-refractivity contribution is 5.69. The Hall–Kier alpha value is -2.31. The summed E-state index contributed by atoms with van der Waals surface area (Å²) >= 11 is 0.